The van der Waals surface area contributed by atoms with E-state index in [-0.39, 0.29) is 0 Å². The Morgan fingerprint density at radius 1 is 1.25 bits per heavy atom. The van der Waals surface area contributed by atoms with Crippen LogP contribution < -0.4 is 5.32 Å². The number of nitrogens with one attached hydrogen (secondary N) is 1. The minimum atomic E-state index is 0.721. The normalized spacial score (nSPS) is 27.6. The van der Waals surface area contributed by atoms with Crippen LogP contribution in [0.15, 0.2) is 0 Å². The lowest BCUT2D eigenvalue weighted by molar-refractivity contribution is 0.114. The summed E-state index contributed by atoms with van der Waals surface area (Å²) >= 11 is 0. The average Bonchev–Trinajstić information content (AvgIpc) is 2.66. The Kier molecular flexibility index (Phi) is 6.37. The summed E-state index contributed by atoms with van der Waals surface area (Å²) in [5.74, 6) is 3.23. The number of hydrogen-bond donors (Lipinski definition) is 1. The van der Waals surface area contributed by atoms with Crippen LogP contribution in [-0.4, -0.2) is 26.8 Å². The second-order valence-corrected chi connectivity index (χ2v) is 5.84. The van der Waals surface area contributed by atoms with Crippen molar-refractivity contribution in [2.45, 2.75) is 40.0 Å². The van der Waals surface area contributed by atoms with Gasteiger partial charge in [0, 0.05) is 13.7 Å². The van der Waals surface area contributed by atoms with E-state index in [1.54, 1.807) is 0 Å². The number of methoxy groups -OCH3 is 1. The molecule has 0 bridgehead atoms. The zero-order valence-corrected chi connectivity index (χ0v) is 11.5. The summed E-state index contributed by atoms with van der Waals surface area (Å²) in [4.78, 5) is 0. The zero-order valence-electron chi connectivity index (χ0n) is 11.5. The van der Waals surface area contributed by atoms with Crippen molar-refractivity contribution in [2.75, 3.05) is 26.8 Å². The van der Waals surface area contributed by atoms with Gasteiger partial charge in [0.15, 0.2) is 0 Å². The maximum Gasteiger partial charge on any atom is 0.0490 e. The molecular formula is C14H29NO. The van der Waals surface area contributed by atoms with Crippen molar-refractivity contribution in [3.8, 4) is 0 Å². The lowest BCUT2D eigenvalue weighted by atomic mass is 9.85. The minimum absolute atomic E-state index is 0.721. The van der Waals surface area contributed by atoms with E-state index >= 15 is 0 Å². The van der Waals surface area contributed by atoms with Gasteiger partial charge >= 0.3 is 0 Å². The third-order valence-corrected chi connectivity index (χ3v) is 3.84. The highest BCUT2D eigenvalue weighted by atomic mass is 16.5. The first-order chi connectivity index (χ1) is 7.65. The number of hydrogen-bond acceptors (Lipinski definition) is 2. The second kappa shape index (κ2) is 7.29. The van der Waals surface area contributed by atoms with Crippen molar-refractivity contribution in [1.82, 2.24) is 5.32 Å². The van der Waals surface area contributed by atoms with E-state index in [1.165, 1.54) is 25.8 Å². The van der Waals surface area contributed by atoms with Crippen molar-refractivity contribution in [3.05, 3.63) is 0 Å². The topological polar surface area (TPSA) is 21.3 Å². The van der Waals surface area contributed by atoms with Gasteiger partial charge in [-0.25, -0.2) is 0 Å². The Labute approximate surface area is 101 Å². The molecule has 0 radical (unpaired) electrons. The Morgan fingerprint density at radius 2 is 2.00 bits per heavy atom. The molecule has 1 aliphatic rings. The molecule has 0 aliphatic heterocycles. The quantitative estimate of drug-likeness (QED) is 0.722. The molecule has 3 atom stereocenters. The van der Waals surface area contributed by atoms with Crippen LogP contribution in [0.4, 0.5) is 0 Å². The van der Waals surface area contributed by atoms with Gasteiger partial charge < -0.3 is 10.1 Å². The van der Waals surface area contributed by atoms with Crippen LogP contribution in [-0.2, 0) is 4.74 Å². The second-order valence-electron chi connectivity index (χ2n) is 5.84. The highest BCUT2D eigenvalue weighted by Gasteiger charge is 2.30. The van der Waals surface area contributed by atoms with Gasteiger partial charge in [-0.15, -0.1) is 0 Å². The SMILES string of the molecule is COCC(C)C1CCCC1CNCC(C)C. The van der Waals surface area contributed by atoms with Gasteiger partial charge in [-0.3, -0.25) is 0 Å². The van der Waals surface area contributed by atoms with Gasteiger partial charge in [0.2, 0.25) is 0 Å². The van der Waals surface area contributed by atoms with Crippen LogP contribution in [0.3, 0.4) is 0 Å². The van der Waals surface area contributed by atoms with E-state index in [2.05, 4.69) is 26.1 Å². The maximum atomic E-state index is 5.29. The molecule has 3 unspecified atom stereocenters. The summed E-state index contributed by atoms with van der Waals surface area (Å²) in [6.45, 7) is 10.2. The molecule has 2 nitrogen and oxygen atoms in total. The van der Waals surface area contributed by atoms with E-state index in [0.717, 1.165) is 36.8 Å². The number of ether oxygens (including phenoxy) is 1. The molecule has 0 spiro atoms. The monoisotopic (exact) mass is 227 g/mol. The van der Waals surface area contributed by atoms with E-state index in [0.29, 0.717) is 0 Å². The summed E-state index contributed by atoms with van der Waals surface area (Å²) in [5.41, 5.74) is 0. The van der Waals surface area contributed by atoms with Gasteiger partial charge in [0.05, 0.1) is 0 Å². The van der Waals surface area contributed by atoms with Crippen molar-refractivity contribution in [1.29, 1.82) is 0 Å². The fourth-order valence-corrected chi connectivity index (χ4v) is 3.01. The first kappa shape index (κ1) is 14.0. The molecule has 96 valence electrons. The maximum absolute atomic E-state index is 5.29. The summed E-state index contributed by atoms with van der Waals surface area (Å²) in [6, 6.07) is 0. The Bertz CT molecular complexity index is 182. The van der Waals surface area contributed by atoms with E-state index < -0.39 is 0 Å². The molecule has 0 aromatic rings. The van der Waals surface area contributed by atoms with Gasteiger partial charge in [-0.2, -0.15) is 0 Å². The van der Waals surface area contributed by atoms with Crippen molar-refractivity contribution < 1.29 is 4.74 Å². The lowest BCUT2D eigenvalue weighted by Crippen LogP contribution is -2.31. The molecule has 1 N–H and O–H groups in total. The van der Waals surface area contributed by atoms with Crippen molar-refractivity contribution in [3.63, 3.8) is 0 Å². The fourth-order valence-electron chi connectivity index (χ4n) is 3.01. The first-order valence-corrected chi connectivity index (χ1v) is 6.84. The summed E-state index contributed by atoms with van der Waals surface area (Å²) in [6.07, 6.45) is 4.22. The Hall–Kier alpha value is -0.0800. The largest absolute Gasteiger partial charge is 0.384 e. The summed E-state index contributed by atoms with van der Waals surface area (Å²) < 4.78 is 5.29. The molecule has 0 aromatic carbocycles. The Balaban J connectivity index is 2.28. The van der Waals surface area contributed by atoms with E-state index in [9.17, 15) is 0 Å². The highest BCUT2D eigenvalue weighted by molar-refractivity contribution is 4.82. The van der Waals surface area contributed by atoms with Crippen LogP contribution in [0.25, 0.3) is 0 Å². The van der Waals surface area contributed by atoms with Crippen LogP contribution in [0, 0.1) is 23.7 Å². The molecule has 0 heterocycles. The van der Waals surface area contributed by atoms with Crippen molar-refractivity contribution >= 4 is 0 Å². The van der Waals surface area contributed by atoms with Crippen LogP contribution >= 0.6 is 0 Å². The molecular weight excluding hydrogens is 198 g/mol. The average molecular weight is 227 g/mol. The smallest absolute Gasteiger partial charge is 0.0490 e. The molecule has 0 saturated heterocycles. The zero-order chi connectivity index (χ0) is 12.0. The molecule has 0 aromatic heterocycles. The van der Waals surface area contributed by atoms with Gasteiger partial charge in [-0.1, -0.05) is 27.2 Å². The predicted octanol–water partition coefficient (Wildman–Crippen LogP) is 2.93. The Morgan fingerprint density at radius 3 is 2.62 bits per heavy atom. The van der Waals surface area contributed by atoms with E-state index in [4.69, 9.17) is 4.74 Å². The van der Waals surface area contributed by atoms with Crippen LogP contribution in [0.2, 0.25) is 0 Å². The molecule has 2 heteroatoms. The minimum Gasteiger partial charge on any atom is -0.384 e. The fraction of sp³-hybridized carbons (Fsp3) is 1.00. The van der Waals surface area contributed by atoms with Crippen LogP contribution in [0.1, 0.15) is 40.0 Å². The molecule has 1 aliphatic carbocycles. The van der Waals surface area contributed by atoms with Crippen molar-refractivity contribution in [2.24, 2.45) is 23.7 Å². The summed E-state index contributed by atoms with van der Waals surface area (Å²) in [5, 5.41) is 3.61. The molecule has 16 heavy (non-hydrogen) atoms. The summed E-state index contributed by atoms with van der Waals surface area (Å²) in [7, 11) is 1.82. The third-order valence-electron chi connectivity index (χ3n) is 3.84. The molecule has 1 saturated carbocycles. The van der Waals surface area contributed by atoms with Gasteiger partial charge in [0.1, 0.15) is 0 Å². The molecule has 1 rings (SSSR count). The van der Waals surface area contributed by atoms with Gasteiger partial charge in [0.25, 0.3) is 0 Å². The predicted molar refractivity (Wildman–Crippen MR) is 69.6 cm³/mol. The number of rotatable bonds is 7. The van der Waals surface area contributed by atoms with Gasteiger partial charge in [-0.05, 0) is 49.6 Å². The standard InChI is InChI=1S/C14H29NO/c1-11(2)8-15-9-13-6-5-7-14(13)12(3)10-16-4/h11-15H,5-10H2,1-4H3. The molecule has 0 amide bonds. The van der Waals surface area contributed by atoms with E-state index in [1.807, 2.05) is 7.11 Å². The third kappa shape index (κ3) is 4.42. The molecule has 1 fully saturated rings. The first-order valence-electron chi connectivity index (χ1n) is 6.84. The highest BCUT2D eigenvalue weighted by Crippen LogP contribution is 2.36. The van der Waals surface area contributed by atoms with Crippen LogP contribution in [0.5, 0.6) is 0 Å². The lowest BCUT2D eigenvalue weighted by Gasteiger charge is -2.26.